The molecule has 2 amide bonds. The van der Waals surface area contributed by atoms with Gasteiger partial charge in [-0.05, 0) is 92.8 Å². The molecule has 1 heterocycles. The van der Waals surface area contributed by atoms with Crippen LogP contribution >= 0.6 is 0 Å². The van der Waals surface area contributed by atoms with Crippen molar-refractivity contribution in [2.24, 2.45) is 17.6 Å². The summed E-state index contributed by atoms with van der Waals surface area (Å²) >= 11 is 0. The van der Waals surface area contributed by atoms with Crippen LogP contribution in [0.2, 0.25) is 0 Å². The summed E-state index contributed by atoms with van der Waals surface area (Å²) in [6.07, 6.45) is 17.0. The topological polar surface area (TPSA) is 133 Å². The molecule has 254 valence electrons. The van der Waals surface area contributed by atoms with Gasteiger partial charge in [-0.3, -0.25) is 19.4 Å². The van der Waals surface area contributed by atoms with Crippen molar-refractivity contribution in [1.29, 1.82) is 0 Å². The minimum Gasteiger partial charge on any atom is -0.489 e. The first-order valence-electron chi connectivity index (χ1n) is 17.5. The molecule has 3 rings (SSSR count). The quantitative estimate of drug-likeness (QED) is 0.106. The summed E-state index contributed by atoms with van der Waals surface area (Å²) in [5.74, 6) is 0.598. The fourth-order valence-corrected chi connectivity index (χ4v) is 5.83. The maximum absolute atomic E-state index is 13.4. The second-order valence-electron chi connectivity index (χ2n) is 12.6. The smallest absolute Gasteiger partial charge is 0.308 e. The Morgan fingerprint density at radius 2 is 1.57 bits per heavy atom. The van der Waals surface area contributed by atoms with Crippen LogP contribution in [0.3, 0.4) is 0 Å². The maximum atomic E-state index is 13.4. The first-order valence-corrected chi connectivity index (χ1v) is 17.5. The van der Waals surface area contributed by atoms with Crippen molar-refractivity contribution in [3.05, 3.63) is 59.9 Å². The predicted octanol–water partition coefficient (Wildman–Crippen LogP) is 6.03. The van der Waals surface area contributed by atoms with Crippen molar-refractivity contribution in [2.75, 3.05) is 19.7 Å². The number of ether oxygens (including phenoxy) is 2. The number of nitrogens with one attached hydrogen (secondary N) is 2. The lowest BCUT2D eigenvalue weighted by Crippen LogP contribution is -2.49. The van der Waals surface area contributed by atoms with E-state index in [1.807, 2.05) is 36.4 Å². The minimum atomic E-state index is -0.682. The van der Waals surface area contributed by atoms with Crippen molar-refractivity contribution >= 4 is 17.8 Å². The van der Waals surface area contributed by atoms with Crippen LogP contribution in [0.1, 0.15) is 108 Å². The van der Waals surface area contributed by atoms with Crippen LogP contribution in [0, 0.1) is 11.8 Å². The Bertz CT molecular complexity index is 1140. The van der Waals surface area contributed by atoms with Crippen molar-refractivity contribution < 1.29 is 23.9 Å². The highest BCUT2D eigenvalue weighted by Gasteiger charge is 2.28. The molecular weight excluding hydrogens is 580 g/mol. The average molecular weight is 637 g/mol. The lowest BCUT2D eigenvalue weighted by Gasteiger charge is -2.28. The first kappa shape index (κ1) is 37.0. The molecule has 4 N–H and O–H groups in total. The number of aromatic nitrogens is 1. The highest BCUT2D eigenvalue weighted by molar-refractivity contribution is 5.87. The molecule has 0 spiro atoms. The first-order chi connectivity index (χ1) is 22.5. The number of pyridine rings is 1. The van der Waals surface area contributed by atoms with E-state index in [4.69, 9.17) is 15.2 Å². The second kappa shape index (κ2) is 22.1. The molecule has 1 aliphatic rings. The molecule has 0 unspecified atom stereocenters. The highest BCUT2D eigenvalue weighted by Crippen LogP contribution is 2.29. The van der Waals surface area contributed by atoms with E-state index in [9.17, 15) is 14.4 Å². The van der Waals surface area contributed by atoms with Crippen LogP contribution in [0.4, 0.5) is 0 Å². The third kappa shape index (κ3) is 14.8. The summed E-state index contributed by atoms with van der Waals surface area (Å²) < 4.78 is 11.4. The third-order valence-electron chi connectivity index (χ3n) is 8.76. The zero-order chi connectivity index (χ0) is 32.8. The largest absolute Gasteiger partial charge is 0.489 e. The van der Waals surface area contributed by atoms with Crippen LogP contribution in [0.25, 0.3) is 0 Å². The molecule has 46 heavy (non-hydrogen) atoms. The Hall–Kier alpha value is -3.46. The van der Waals surface area contributed by atoms with Gasteiger partial charge in [-0.1, -0.05) is 57.6 Å². The van der Waals surface area contributed by atoms with Gasteiger partial charge >= 0.3 is 5.97 Å². The summed E-state index contributed by atoms with van der Waals surface area (Å²) in [6, 6.07) is 10.8. The molecule has 9 heteroatoms. The van der Waals surface area contributed by atoms with Gasteiger partial charge < -0.3 is 25.8 Å². The van der Waals surface area contributed by atoms with Crippen LogP contribution in [-0.4, -0.2) is 48.5 Å². The third-order valence-corrected chi connectivity index (χ3v) is 8.76. The fourth-order valence-electron chi connectivity index (χ4n) is 5.83. The van der Waals surface area contributed by atoms with Crippen molar-refractivity contribution in [3.63, 3.8) is 0 Å². The lowest BCUT2D eigenvalue weighted by molar-refractivity contribution is -0.150. The van der Waals surface area contributed by atoms with Crippen LogP contribution in [0.5, 0.6) is 5.75 Å². The van der Waals surface area contributed by atoms with Crippen LogP contribution < -0.4 is 21.1 Å². The standard InChI is InChI=1S/C37H56N4O5/c1-2-3-4-5-6-10-25-45-37(44)32-16-12-30(13-17-32)27-40-36(43)34(41-35(42)11-8-7-9-22-38)26-29-14-18-33(19-15-29)46-28-31-20-23-39-24-21-31/h14-15,18-21,23-24,30,32,34H,2-13,16-17,22,25-28,38H2,1H3,(H,40,43)(H,41,42)/t30?,32?,34-/m0/s1. The second-order valence-corrected chi connectivity index (χ2v) is 12.6. The van der Waals surface area contributed by atoms with Crippen LogP contribution in [0.15, 0.2) is 48.8 Å². The van der Waals surface area contributed by atoms with Gasteiger partial charge in [0.1, 0.15) is 18.4 Å². The van der Waals surface area contributed by atoms with Crippen molar-refractivity contribution in [1.82, 2.24) is 15.6 Å². The summed E-state index contributed by atoms with van der Waals surface area (Å²) in [7, 11) is 0. The Labute approximate surface area is 275 Å². The summed E-state index contributed by atoms with van der Waals surface area (Å²) in [5.41, 5.74) is 7.54. The number of nitrogens with two attached hydrogens (primary N) is 1. The normalized spacial score (nSPS) is 16.7. The van der Waals surface area contributed by atoms with Gasteiger partial charge in [0.25, 0.3) is 0 Å². The van der Waals surface area contributed by atoms with Gasteiger partial charge in [0, 0.05) is 31.8 Å². The number of esters is 1. The molecular formula is C37H56N4O5. The number of rotatable bonds is 22. The van der Waals surface area contributed by atoms with Gasteiger partial charge in [-0.15, -0.1) is 0 Å². The van der Waals surface area contributed by atoms with E-state index in [1.165, 1.54) is 25.7 Å². The predicted molar refractivity (Wildman–Crippen MR) is 181 cm³/mol. The molecule has 2 aromatic rings. The number of amides is 2. The maximum Gasteiger partial charge on any atom is 0.308 e. The van der Waals surface area contributed by atoms with Gasteiger partial charge in [-0.2, -0.15) is 0 Å². The molecule has 0 saturated heterocycles. The van der Waals surface area contributed by atoms with E-state index in [2.05, 4.69) is 22.5 Å². The number of hydrogen-bond acceptors (Lipinski definition) is 7. The zero-order valence-electron chi connectivity index (χ0n) is 27.9. The number of benzene rings is 1. The van der Waals surface area contributed by atoms with E-state index >= 15 is 0 Å². The van der Waals surface area contributed by atoms with E-state index < -0.39 is 6.04 Å². The number of carbonyl (C=O) groups is 3. The number of unbranched alkanes of at least 4 members (excludes halogenated alkanes) is 7. The number of hydrogen-bond donors (Lipinski definition) is 3. The van der Waals surface area contributed by atoms with Gasteiger partial charge in [0.2, 0.25) is 11.8 Å². The lowest BCUT2D eigenvalue weighted by atomic mass is 9.82. The molecule has 0 radical (unpaired) electrons. The van der Waals surface area contributed by atoms with E-state index in [-0.39, 0.29) is 23.7 Å². The Kier molecular flexibility index (Phi) is 17.8. The zero-order valence-corrected chi connectivity index (χ0v) is 27.9. The summed E-state index contributed by atoms with van der Waals surface area (Å²) in [4.78, 5) is 42.7. The summed E-state index contributed by atoms with van der Waals surface area (Å²) in [5, 5.41) is 6.07. The van der Waals surface area contributed by atoms with E-state index in [0.29, 0.717) is 45.1 Å². The van der Waals surface area contributed by atoms with Crippen molar-refractivity contribution in [3.8, 4) is 5.75 Å². The molecule has 1 aliphatic carbocycles. The van der Waals surface area contributed by atoms with Crippen LogP contribution in [-0.2, 0) is 32.1 Å². The minimum absolute atomic E-state index is 0.0463. The molecule has 0 aliphatic heterocycles. The average Bonchev–Trinajstić information content (AvgIpc) is 3.08. The Morgan fingerprint density at radius 1 is 0.870 bits per heavy atom. The van der Waals surface area contributed by atoms with Gasteiger partial charge in [0.05, 0.1) is 12.5 Å². The SMILES string of the molecule is CCCCCCCCOC(=O)C1CCC(CNC(=O)[C@H](Cc2ccc(OCc3ccncc3)cc2)NC(=O)CCCCCN)CC1. The Morgan fingerprint density at radius 3 is 2.28 bits per heavy atom. The molecule has 1 atom stereocenters. The molecule has 1 saturated carbocycles. The molecule has 1 aromatic heterocycles. The van der Waals surface area contributed by atoms with Gasteiger partial charge in [0.15, 0.2) is 0 Å². The van der Waals surface area contributed by atoms with E-state index in [1.54, 1.807) is 12.4 Å². The molecule has 1 fully saturated rings. The molecule has 0 bridgehead atoms. The monoisotopic (exact) mass is 636 g/mol. The fraction of sp³-hybridized carbons (Fsp3) is 0.622. The number of nitrogens with zero attached hydrogens (tertiary/aromatic N) is 1. The molecule has 9 nitrogen and oxygen atoms in total. The van der Waals surface area contributed by atoms with Crippen molar-refractivity contribution in [2.45, 2.75) is 116 Å². The summed E-state index contributed by atoms with van der Waals surface area (Å²) in [6.45, 7) is 4.30. The Balaban J connectivity index is 1.45. The van der Waals surface area contributed by atoms with Gasteiger partial charge in [-0.25, -0.2) is 0 Å². The molecule has 1 aromatic carbocycles. The number of carbonyl (C=O) groups excluding carboxylic acids is 3. The highest BCUT2D eigenvalue weighted by atomic mass is 16.5. The van der Waals surface area contributed by atoms with E-state index in [0.717, 1.165) is 74.7 Å².